The first-order chi connectivity index (χ1) is 7.63. The van der Waals surface area contributed by atoms with Crippen molar-refractivity contribution in [3.63, 3.8) is 0 Å². The van der Waals surface area contributed by atoms with Crippen LogP contribution in [0, 0.1) is 0 Å². The molecule has 16 heavy (non-hydrogen) atoms. The number of alkyl carbamates (subject to hydrolysis) is 1. The Hall–Kier alpha value is -1.62. The van der Waals surface area contributed by atoms with Crippen LogP contribution < -0.4 is 5.32 Å². The van der Waals surface area contributed by atoms with Crippen LogP contribution in [0.2, 0.25) is 0 Å². The average molecular weight is 238 g/mol. The first kappa shape index (κ1) is 12.4. The summed E-state index contributed by atoms with van der Waals surface area (Å²) in [6.45, 7) is 0.643. The Labute approximate surface area is 100 Å². The van der Waals surface area contributed by atoms with Gasteiger partial charge in [-0.2, -0.15) is 0 Å². The summed E-state index contributed by atoms with van der Waals surface area (Å²) in [7, 11) is 3.11. The molecule has 0 heterocycles. The molecule has 5 heteroatoms. The number of methoxy groups -OCH3 is 1. The van der Waals surface area contributed by atoms with Crippen molar-refractivity contribution in [2.45, 2.75) is 6.54 Å². The van der Waals surface area contributed by atoms with E-state index >= 15 is 0 Å². The van der Waals surface area contributed by atoms with E-state index in [1.165, 1.54) is 7.11 Å². The van der Waals surface area contributed by atoms with Crippen molar-refractivity contribution >= 4 is 23.4 Å². The minimum Gasteiger partial charge on any atom is -0.453 e. The summed E-state index contributed by atoms with van der Waals surface area (Å²) in [6, 6.07) is 9.86. The van der Waals surface area contributed by atoms with E-state index in [2.05, 4.69) is 10.1 Å². The van der Waals surface area contributed by atoms with Gasteiger partial charge in [-0.3, -0.25) is 5.32 Å². The number of hydrogen-bond acceptors (Lipinski definition) is 3. The number of benzene rings is 1. The fourth-order valence-corrected chi connectivity index (χ4v) is 1.31. The van der Waals surface area contributed by atoms with Gasteiger partial charge in [0, 0.05) is 13.6 Å². The number of rotatable bonds is 2. The fraction of sp³-hybridized carbons (Fsp3) is 0.273. The van der Waals surface area contributed by atoms with Gasteiger partial charge in [0.15, 0.2) is 5.11 Å². The fourth-order valence-electron chi connectivity index (χ4n) is 1.16. The maximum absolute atomic E-state index is 10.9. The maximum Gasteiger partial charge on any atom is 0.413 e. The minimum absolute atomic E-state index is 0.343. The van der Waals surface area contributed by atoms with Crippen LogP contribution in [0.15, 0.2) is 30.3 Å². The van der Waals surface area contributed by atoms with E-state index in [-0.39, 0.29) is 0 Å². The van der Waals surface area contributed by atoms with Crippen molar-refractivity contribution in [3.05, 3.63) is 35.9 Å². The van der Waals surface area contributed by atoms with Crippen molar-refractivity contribution in [2.75, 3.05) is 14.2 Å². The molecule has 0 aliphatic rings. The molecule has 0 aliphatic heterocycles. The van der Waals surface area contributed by atoms with Crippen LogP contribution in [-0.2, 0) is 11.3 Å². The smallest absolute Gasteiger partial charge is 0.413 e. The number of hydrogen-bond donors (Lipinski definition) is 1. The number of amides is 1. The van der Waals surface area contributed by atoms with E-state index in [4.69, 9.17) is 12.2 Å². The second kappa shape index (κ2) is 6.07. The molecule has 0 spiro atoms. The van der Waals surface area contributed by atoms with Crippen LogP contribution in [0.3, 0.4) is 0 Å². The number of nitrogens with zero attached hydrogens (tertiary/aromatic N) is 1. The summed E-state index contributed by atoms with van der Waals surface area (Å²) >= 11 is 5.03. The number of carbonyl (C=O) groups is 1. The van der Waals surface area contributed by atoms with Crippen LogP contribution >= 0.6 is 12.2 Å². The van der Waals surface area contributed by atoms with Crippen LogP contribution in [0.4, 0.5) is 4.79 Å². The van der Waals surface area contributed by atoms with Crippen molar-refractivity contribution < 1.29 is 9.53 Å². The molecule has 0 aliphatic carbocycles. The van der Waals surface area contributed by atoms with E-state index in [1.807, 2.05) is 37.4 Å². The molecule has 0 atom stereocenters. The van der Waals surface area contributed by atoms with Gasteiger partial charge in [0.25, 0.3) is 0 Å². The molecule has 0 saturated heterocycles. The number of nitrogens with one attached hydrogen (secondary N) is 1. The highest BCUT2D eigenvalue weighted by Crippen LogP contribution is 2.02. The zero-order chi connectivity index (χ0) is 12.0. The van der Waals surface area contributed by atoms with Crippen molar-refractivity contribution in [2.24, 2.45) is 0 Å². The van der Waals surface area contributed by atoms with E-state index in [0.29, 0.717) is 11.7 Å². The third kappa shape index (κ3) is 3.86. The molecule has 4 nitrogen and oxygen atoms in total. The Morgan fingerprint density at radius 2 is 2.06 bits per heavy atom. The molecule has 0 radical (unpaired) electrons. The largest absolute Gasteiger partial charge is 0.453 e. The lowest BCUT2D eigenvalue weighted by Crippen LogP contribution is -2.40. The molecule has 1 N–H and O–H groups in total. The third-order valence-electron chi connectivity index (χ3n) is 2.00. The van der Waals surface area contributed by atoms with Gasteiger partial charge in [0.2, 0.25) is 0 Å². The van der Waals surface area contributed by atoms with Crippen molar-refractivity contribution in [1.82, 2.24) is 10.2 Å². The molecule has 0 aromatic heterocycles. The highest BCUT2D eigenvalue weighted by Gasteiger charge is 2.08. The lowest BCUT2D eigenvalue weighted by molar-refractivity contribution is 0.176. The molecule has 1 aromatic carbocycles. The molecule has 0 fully saturated rings. The zero-order valence-corrected chi connectivity index (χ0v) is 10.1. The number of carbonyl (C=O) groups excluding carboxylic acids is 1. The summed E-state index contributed by atoms with van der Waals surface area (Å²) in [6.07, 6.45) is -0.551. The normalized spacial score (nSPS) is 9.38. The standard InChI is InChI=1S/C11H14N2O2S/c1-13(10(16)12-11(14)15-2)8-9-6-4-3-5-7-9/h3-7H,8H2,1-2H3,(H,12,14,16). The molecule has 1 rings (SSSR count). The second-order valence-electron chi connectivity index (χ2n) is 3.26. The minimum atomic E-state index is -0.551. The third-order valence-corrected chi connectivity index (χ3v) is 2.42. The Morgan fingerprint density at radius 1 is 1.44 bits per heavy atom. The molecule has 0 unspecified atom stereocenters. The molecule has 0 saturated carbocycles. The van der Waals surface area contributed by atoms with Crippen LogP contribution in [0.5, 0.6) is 0 Å². The topological polar surface area (TPSA) is 41.6 Å². The Balaban J connectivity index is 2.49. The summed E-state index contributed by atoms with van der Waals surface area (Å²) in [5.74, 6) is 0. The average Bonchev–Trinajstić information content (AvgIpc) is 2.30. The zero-order valence-electron chi connectivity index (χ0n) is 9.27. The molecule has 86 valence electrons. The number of ether oxygens (including phenoxy) is 1. The van der Waals surface area contributed by atoms with E-state index in [9.17, 15) is 4.79 Å². The van der Waals surface area contributed by atoms with Gasteiger partial charge >= 0.3 is 6.09 Å². The highest BCUT2D eigenvalue weighted by atomic mass is 32.1. The van der Waals surface area contributed by atoms with Gasteiger partial charge in [-0.25, -0.2) is 4.79 Å². The van der Waals surface area contributed by atoms with Crippen molar-refractivity contribution in [3.8, 4) is 0 Å². The number of thiocarbonyl (C=S) groups is 1. The van der Waals surface area contributed by atoms with E-state index in [0.717, 1.165) is 5.56 Å². The summed E-state index contributed by atoms with van der Waals surface area (Å²) in [4.78, 5) is 12.7. The monoisotopic (exact) mass is 238 g/mol. The summed E-state index contributed by atoms with van der Waals surface area (Å²) < 4.78 is 4.46. The molecule has 1 aromatic rings. The van der Waals surface area contributed by atoms with Gasteiger partial charge in [-0.15, -0.1) is 0 Å². The lowest BCUT2D eigenvalue weighted by atomic mass is 10.2. The van der Waals surface area contributed by atoms with Crippen LogP contribution in [0.1, 0.15) is 5.56 Å². The van der Waals surface area contributed by atoms with Gasteiger partial charge in [0.1, 0.15) is 0 Å². The maximum atomic E-state index is 10.9. The summed E-state index contributed by atoms with van der Waals surface area (Å²) in [5, 5.41) is 2.79. The van der Waals surface area contributed by atoms with Crippen LogP contribution in [-0.4, -0.2) is 30.3 Å². The molecule has 1 amide bonds. The predicted octanol–water partition coefficient (Wildman–Crippen LogP) is 1.76. The van der Waals surface area contributed by atoms with E-state index < -0.39 is 6.09 Å². The first-order valence-electron chi connectivity index (χ1n) is 4.77. The second-order valence-corrected chi connectivity index (χ2v) is 3.65. The molecule has 0 bridgehead atoms. The molecular weight excluding hydrogens is 224 g/mol. The van der Waals surface area contributed by atoms with Gasteiger partial charge < -0.3 is 9.64 Å². The SMILES string of the molecule is COC(=O)NC(=S)N(C)Cc1ccccc1. The molecular formula is C11H14N2O2S. The van der Waals surface area contributed by atoms with Gasteiger partial charge in [-0.1, -0.05) is 30.3 Å². The van der Waals surface area contributed by atoms with Gasteiger partial charge in [-0.05, 0) is 17.8 Å². The van der Waals surface area contributed by atoms with Gasteiger partial charge in [0.05, 0.1) is 7.11 Å². The van der Waals surface area contributed by atoms with Crippen molar-refractivity contribution in [1.29, 1.82) is 0 Å². The quantitative estimate of drug-likeness (QED) is 0.797. The Kier molecular flexibility index (Phi) is 4.72. The summed E-state index contributed by atoms with van der Waals surface area (Å²) in [5.41, 5.74) is 1.12. The Bertz CT molecular complexity index is 368. The lowest BCUT2D eigenvalue weighted by Gasteiger charge is -2.19. The Morgan fingerprint density at radius 3 is 2.62 bits per heavy atom. The van der Waals surface area contributed by atoms with E-state index in [1.54, 1.807) is 4.90 Å². The predicted molar refractivity (Wildman–Crippen MR) is 66.0 cm³/mol. The van der Waals surface area contributed by atoms with Crippen LogP contribution in [0.25, 0.3) is 0 Å². The first-order valence-corrected chi connectivity index (χ1v) is 5.18. The highest BCUT2D eigenvalue weighted by molar-refractivity contribution is 7.80.